The monoisotopic (exact) mass is 480 g/mol. The third-order valence-corrected chi connectivity index (χ3v) is 7.26. The molecule has 0 spiro atoms. The zero-order valence-corrected chi connectivity index (χ0v) is 20.0. The lowest BCUT2D eigenvalue weighted by atomic mass is 9.96. The van der Waals surface area contributed by atoms with Crippen molar-refractivity contribution >= 4 is 18.0 Å². The second kappa shape index (κ2) is 10.9. The van der Waals surface area contributed by atoms with E-state index in [9.17, 15) is 19.5 Å². The maximum absolute atomic E-state index is 12.9. The van der Waals surface area contributed by atoms with Crippen molar-refractivity contribution in [2.24, 2.45) is 11.8 Å². The van der Waals surface area contributed by atoms with E-state index in [1.54, 1.807) is 6.92 Å². The van der Waals surface area contributed by atoms with Gasteiger partial charge in [0, 0.05) is 19.6 Å². The number of hydrogen-bond donors (Lipinski definition) is 3. The number of hydrogen-bond acceptors (Lipinski definition) is 5. The molecule has 2 amide bonds. The first kappa shape index (κ1) is 24.7. The number of fused-ring (bicyclic) bond motifs is 3. The number of carbonyl (C=O) groups is 3. The summed E-state index contributed by atoms with van der Waals surface area (Å²) in [7, 11) is 1.46. The van der Waals surface area contributed by atoms with Gasteiger partial charge in [-0.15, -0.1) is 0 Å². The number of ether oxygens (including phenoxy) is 2. The first-order chi connectivity index (χ1) is 16.9. The minimum atomic E-state index is -0.972. The molecule has 8 heteroatoms. The van der Waals surface area contributed by atoms with E-state index in [2.05, 4.69) is 22.8 Å². The number of aliphatic carboxylic acids is 1. The number of nitrogens with one attached hydrogen (secondary N) is 2. The number of amides is 2. The van der Waals surface area contributed by atoms with Gasteiger partial charge in [-0.25, -0.2) is 4.79 Å². The number of carboxylic acid groups (broad SMARTS) is 1. The van der Waals surface area contributed by atoms with Crippen LogP contribution in [0.15, 0.2) is 48.5 Å². The molecule has 186 valence electrons. The van der Waals surface area contributed by atoms with Crippen LogP contribution in [0.4, 0.5) is 4.79 Å². The molecule has 3 N–H and O–H groups in total. The molecule has 1 fully saturated rings. The van der Waals surface area contributed by atoms with Crippen LogP contribution < -0.4 is 10.6 Å². The molecule has 2 aromatic carbocycles. The summed E-state index contributed by atoms with van der Waals surface area (Å²) in [6.07, 6.45) is 0.885. The third kappa shape index (κ3) is 5.32. The van der Waals surface area contributed by atoms with E-state index in [1.807, 2.05) is 36.4 Å². The fraction of sp³-hybridized carbons (Fsp3) is 0.444. The molecule has 2 aliphatic carbocycles. The van der Waals surface area contributed by atoms with Gasteiger partial charge >= 0.3 is 12.1 Å². The summed E-state index contributed by atoms with van der Waals surface area (Å²) in [5.74, 6) is -1.92. The van der Waals surface area contributed by atoms with Gasteiger partial charge in [0.15, 0.2) is 0 Å². The molecule has 0 aromatic heterocycles. The summed E-state index contributed by atoms with van der Waals surface area (Å²) in [4.78, 5) is 37.0. The Bertz CT molecular complexity index is 1040. The predicted molar refractivity (Wildman–Crippen MR) is 130 cm³/mol. The van der Waals surface area contributed by atoms with Gasteiger partial charge in [-0.05, 0) is 47.9 Å². The highest BCUT2D eigenvalue weighted by Crippen LogP contribution is 2.44. The summed E-state index contributed by atoms with van der Waals surface area (Å²) >= 11 is 0. The first-order valence-corrected chi connectivity index (χ1v) is 12.1. The summed E-state index contributed by atoms with van der Waals surface area (Å²) in [6, 6.07) is 15.2. The highest BCUT2D eigenvalue weighted by molar-refractivity contribution is 5.86. The standard InChI is InChI=1S/C27H32N2O6/c1-16(34-2)24(25(30)28-14-17-8-7-13-18(17)26(31)32)29-27(33)35-15-23-21-11-5-3-9-19(21)20-10-4-6-12-22(20)23/h3-6,9-12,16-18,23-24H,7-8,13-15H2,1-2H3,(H,28,30)(H,29,33)(H,31,32)/t16-,17-,18-,24+/m1/s1. The number of carbonyl (C=O) groups excluding carboxylic acids is 2. The lowest BCUT2D eigenvalue weighted by Gasteiger charge is -2.25. The molecular weight excluding hydrogens is 448 g/mol. The molecule has 0 saturated heterocycles. The van der Waals surface area contributed by atoms with Crippen molar-refractivity contribution in [2.45, 2.75) is 44.2 Å². The van der Waals surface area contributed by atoms with Crippen LogP contribution in [-0.2, 0) is 19.1 Å². The molecule has 4 rings (SSSR count). The van der Waals surface area contributed by atoms with Crippen LogP contribution in [0.5, 0.6) is 0 Å². The highest BCUT2D eigenvalue weighted by Gasteiger charge is 2.35. The predicted octanol–water partition coefficient (Wildman–Crippen LogP) is 3.55. The van der Waals surface area contributed by atoms with E-state index in [-0.39, 0.29) is 25.0 Å². The van der Waals surface area contributed by atoms with Gasteiger partial charge in [0.05, 0.1) is 12.0 Å². The second-order valence-corrected chi connectivity index (χ2v) is 9.27. The Morgan fingerprint density at radius 3 is 2.26 bits per heavy atom. The van der Waals surface area contributed by atoms with Crippen LogP contribution in [0.1, 0.15) is 43.2 Å². The minimum absolute atomic E-state index is 0.0874. The van der Waals surface area contributed by atoms with E-state index in [1.165, 1.54) is 7.11 Å². The van der Waals surface area contributed by atoms with Crippen molar-refractivity contribution in [2.75, 3.05) is 20.3 Å². The number of alkyl carbamates (subject to hydrolysis) is 1. The normalized spacial score (nSPS) is 20.4. The lowest BCUT2D eigenvalue weighted by Crippen LogP contribution is -2.54. The number of benzene rings is 2. The Hall–Kier alpha value is -3.39. The van der Waals surface area contributed by atoms with Gasteiger partial charge in [-0.2, -0.15) is 0 Å². The van der Waals surface area contributed by atoms with Crippen molar-refractivity contribution in [3.8, 4) is 11.1 Å². The molecule has 35 heavy (non-hydrogen) atoms. The SMILES string of the molecule is CO[C@H](C)[C@H](NC(=O)OCC1c2ccccc2-c2ccccc21)C(=O)NC[C@H]1CCC[C@H]1C(=O)O. The molecule has 0 radical (unpaired) electrons. The van der Waals surface area contributed by atoms with Crippen molar-refractivity contribution < 1.29 is 29.0 Å². The molecular formula is C27H32N2O6. The first-order valence-electron chi connectivity index (χ1n) is 12.1. The average Bonchev–Trinajstić information content (AvgIpc) is 3.47. The quantitative estimate of drug-likeness (QED) is 0.506. The Morgan fingerprint density at radius 1 is 1.03 bits per heavy atom. The summed E-state index contributed by atoms with van der Waals surface area (Å²) in [5, 5.41) is 14.8. The van der Waals surface area contributed by atoms with Crippen LogP contribution >= 0.6 is 0 Å². The number of rotatable bonds is 9. The van der Waals surface area contributed by atoms with E-state index < -0.39 is 36.0 Å². The topological polar surface area (TPSA) is 114 Å². The van der Waals surface area contributed by atoms with Gasteiger partial charge in [-0.3, -0.25) is 9.59 Å². The zero-order valence-electron chi connectivity index (χ0n) is 20.0. The summed E-state index contributed by atoms with van der Waals surface area (Å²) in [6.45, 7) is 2.07. The maximum Gasteiger partial charge on any atom is 0.407 e. The summed E-state index contributed by atoms with van der Waals surface area (Å²) < 4.78 is 10.9. The largest absolute Gasteiger partial charge is 0.481 e. The van der Waals surface area contributed by atoms with Gasteiger partial charge in [0.2, 0.25) is 5.91 Å². The van der Waals surface area contributed by atoms with E-state index >= 15 is 0 Å². The zero-order chi connectivity index (χ0) is 24.9. The van der Waals surface area contributed by atoms with Crippen molar-refractivity contribution in [1.29, 1.82) is 0 Å². The average molecular weight is 481 g/mol. The van der Waals surface area contributed by atoms with Gasteiger partial charge in [-0.1, -0.05) is 55.0 Å². The summed E-state index contributed by atoms with van der Waals surface area (Å²) in [5.41, 5.74) is 4.47. The second-order valence-electron chi connectivity index (χ2n) is 9.27. The molecule has 2 aromatic rings. The van der Waals surface area contributed by atoms with Gasteiger partial charge in [0.25, 0.3) is 0 Å². The molecule has 0 bridgehead atoms. The maximum atomic E-state index is 12.9. The fourth-order valence-corrected chi connectivity index (χ4v) is 5.25. The highest BCUT2D eigenvalue weighted by atomic mass is 16.5. The number of methoxy groups -OCH3 is 1. The molecule has 2 aliphatic rings. The molecule has 8 nitrogen and oxygen atoms in total. The van der Waals surface area contributed by atoms with Crippen LogP contribution in [0.2, 0.25) is 0 Å². The van der Waals surface area contributed by atoms with Crippen molar-refractivity contribution in [1.82, 2.24) is 10.6 Å². The Balaban J connectivity index is 1.37. The van der Waals surface area contributed by atoms with E-state index in [0.717, 1.165) is 35.1 Å². The van der Waals surface area contributed by atoms with Crippen molar-refractivity contribution in [3.05, 3.63) is 59.7 Å². The van der Waals surface area contributed by atoms with Gasteiger partial charge < -0.3 is 25.2 Å². The van der Waals surface area contributed by atoms with Gasteiger partial charge in [0.1, 0.15) is 12.6 Å². The van der Waals surface area contributed by atoms with E-state index in [0.29, 0.717) is 6.42 Å². The lowest BCUT2D eigenvalue weighted by molar-refractivity contribution is -0.143. The molecule has 1 saturated carbocycles. The van der Waals surface area contributed by atoms with Crippen LogP contribution in [0.25, 0.3) is 11.1 Å². The smallest absolute Gasteiger partial charge is 0.407 e. The molecule has 4 atom stereocenters. The third-order valence-electron chi connectivity index (χ3n) is 7.26. The molecule has 0 aliphatic heterocycles. The van der Waals surface area contributed by atoms with Crippen LogP contribution in [0.3, 0.4) is 0 Å². The number of carboxylic acids is 1. The minimum Gasteiger partial charge on any atom is -0.481 e. The van der Waals surface area contributed by atoms with Crippen LogP contribution in [0, 0.1) is 11.8 Å². The van der Waals surface area contributed by atoms with E-state index in [4.69, 9.17) is 9.47 Å². The Kier molecular flexibility index (Phi) is 7.70. The molecule has 0 unspecified atom stereocenters. The van der Waals surface area contributed by atoms with Crippen LogP contribution in [-0.4, -0.2) is 55.5 Å². The Morgan fingerprint density at radius 2 is 1.66 bits per heavy atom. The van der Waals surface area contributed by atoms with Crippen molar-refractivity contribution in [3.63, 3.8) is 0 Å². The Labute approximate surface area is 205 Å². The fourth-order valence-electron chi connectivity index (χ4n) is 5.25. The molecule has 0 heterocycles.